The molecule has 3 aromatic carbocycles. The van der Waals surface area contributed by atoms with E-state index in [9.17, 15) is 14.4 Å². The van der Waals surface area contributed by atoms with Crippen molar-refractivity contribution in [2.75, 3.05) is 17.7 Å². The van der Waals surface area contributed by atoms with Crippen LogP contribution in [0.1, 0.15) is 21.5 Å². The first-order chi connectivity index (χ1) is 15.5. The maximum Gasteiger partial charge on any atom is 0.329 e. The van der Waals surface area contributed by atoms with Gasteiger partial charge in [0, 0.05) is 11.3 Å². The lowest BCUT2D eigenvalue weighted by Crippen LogP contribution is -2.33. The Balaban J connectivity index is 1.64. The highest BCUT2D eigenvalue weighted by atomic mass is 16.5. The summed E-state index contributed by atoms with van der Waals surface area (Å²) >= 11 is 0. The normalized spacial score (nSPS) is 10.4. The Morgan fingerprint density at radius 1 is 0.844 bits per heavy atom. The first kappa shape index (κ1) is 22.2. The average Bonchev–Trinajstić information content (AvgIpc) is 2.81. The van der Waals surface area contributed by atoms with E-state index in [4.69, 9.17) is 4.74 Å². The van der Waals surface area contributed by atoms with Crippen molar-refractivity contribution in [3.8, 4) is 5.75 Å². The van der Waals surface area contributed by atoms with Crippen LogP contribution in [0.2, 0.25) is 0 Å². The third kappa shape index (κ3) is 5.79. The predicted molar refractivity (Wildman–Crippen MR) is 123 cm³/mol. The molecule has 0 bridgehead atoms. The highest BCUT2D eigenvalue weighted by Crippen LogP contribution is 2.18. The van der Waals surface area contributed by atoms with Gasteiger partial charge in [0.25, 0.3) is 5.91 Å². The quantitative estimate of drug-likeness (QED) is 0.317. The molecule has 0 aliphatic rings. The Morgan fingerprint density at radius 3 is 2.28 bits per heavy atom. The molecule has 3 amide bonds. The number of nitrogens with one attached hydrogen (secondary N) is 3. The number of hydrazone groups is 1. The highest BCUT2D eigenvalue weighted by Gasteiger charge is 2.17. The van der Waals surface area contributed by atoms with Crippen molar-refractivity contribution in [2.24, 2.45) is 5.10 Å². The molecular formula is C24H22N4O4. The summed E-state index contributed by atoms with van der Waals surface area (Å²) in [5, 5.41) is 9.00. The first-order valence-electron chi connectivity index (χ1n) is 9.72. The first-order valence-corrected chi connectivity index (χ1v) is 9.72. The summed E-state index contributed by atoms with van der Waals surface area (Å²) in [6.45, 7) is 1.95. The maximum atomic E-state index is 12.7. The largest absolute Gasteiger partial charge is 0.496 e. The lowest BCUT2D eigenvalue weighted by Gasteiger charge is -2.11. The van der Waals surface area contributed by atoms with Gasteiger partial charge >= 0.3 is 11.8 Å². The van der Waals surface area contributed by atoms with Gasteiger partial charge in [-0.05, 0) is 43.3 Å². The number of nitrogens with zero attached hydrogens (tertiary/aromatic N) is 1. The molecule has 0 atom stereocenters. The molecule has 3 N–H and O–H groups in total. The molecule has 0 saturated carbocycles. The zero-order valence-corrected chi connectivity index (χ0v) is 17.6. The third-order valence-electron chi connectivity index (χ3n) is 4.44. The second kappa shape index (κ2) is 10.5. The molecule has 32 heavy (non-hydrogen) atoms. The van der Waals surface area contributed by atoms with E-state index in [0.717, 1.165) is 5.56 Å². The number of anilines is 2. The minimum Gasteiger partial charge on any atom is -0.496 e. The van der Waals surface area contributed by atoms with Gasteiger partial charge in [-0.15, -0.1) is 0 Å². The van der Waals surface area contributed by atoms with Crippen molar-refractivity contribution in [3.05, 3.63) is 89.5 Å². The smallest absolute Gasteiger partial charge is 0.329 e. The summed E-state index contributed by atoms with van der Waals surface area (Å²) in [5.74, 6) is -1.79. The van der Waals surface area contributed by atoms with Gasteiger partial charge < -0.3 is 15.4 Å². The molecule has 8 heteroatoms. The fourth-order valence-electron chi connectivity index (χ4n) is 2.79. The van der Waals surface area contributed by atoms with Gasteiger partial charge in [-0.3, -0.25) is 14.4 Å². The molecule has 0 fully saturated rings. The van der Waals surface area contributed by atoms with E-state index in [1.807, 2.05) is 19.1 Å². The Labute approximate surface area is 185 Å². The van der Waals surface area contributed by atoms with E-state index in [1.54, 1.807) is 54.6 Å². The summed E-state index contributed by atoms with van der Waals surface area (Å²) in [6, 6.07) is 20.8. The molecule has 0 saturated heterocycles. The summed E-state index contributed by atoms with van der Waals surface area (Å²) in [4.78, 5) is 37.1. The lowest BCUT2D eigenvalue weighted by atomic mass is 10.1. The van der Waals surface area contributed by atoms with Gasteiger partial charge in [0.2, 0.25) is 0 Å². The monoisotopic (exact) mass is 430 g/mol. The van der Waals surface area contributed by atoms with Crippen LogP contribution in [-0.2, 0) is 9.59 Å². The third-order valence-corrected chi connectivity index (χ3v) is 4.44. The van der Waals surface area contributed by atoms with Crippen molar-refractivity contribution < 1.29 is 19.1 Å². The van der Waals surface area contributed by atoms with Crippen molar-refractivity contribution in [2.45, 2.75) is 6.92 Å². The number of carbonyl (C=O) groups is 3. The number of hydrogen-bond acceptors (Lipinski definition) is 5. The van der Waals surface area contributed by atoms with E-state index >= 15 is 0 Å². The lowest BCUT2D eigenvalue weighted by molar-refractivity contribution is -0.136. The van der Waals surface area contributed by atoms with Crippen LogP contribution in [0.25, 0.3) is 0 Å². The number of carbonyl (C=O) groups excluding carboxylic acids is 3. The molecule has 0 spiro atoms. The van der Waals surface area contributed by atoms with Crippen LogP contribution in [0.4, 0.5) is 11.4 Å². The second-order valence-corrected chi connectivity index (χ2v) is 6.76. The van der Waals surface area contributed by atoms with Crippen LogP contribution in [0.5, 0.6) is 5.75 Å². The number of methoxy groups -OCH3 is 1. The van der Waals surface area contributed by atoms with Gasteiger partial charge in [-0.2, -0.15) is 5.10 Å². The molecule has 3 rings (SSSR count). The van der Waals surface area contributed by atoms with Gasteiger partial charge in [0.1, 0.15) is 5.75 Å². The molecule has 0 unspecified atom stereocenters. The Hall–Kier alpha value is -4.46. The summed E-state index contributed by atoms with van der Waals surface area (Å²) in [5.41, 5.74) is 4.89. The van der Waals surface area contributed by atoms with Crippen molar-refractivity contribution >= 4 is 35.3 Å². The summed E-state index contributed by atoms with van der Waals surface area (Å²) < 4.78 is 5.19. The highest BCUT2D eigenvalue weighted by molar-refractivity contribution is 6.40. The fraction of sp³-hybridized carbons (Fsp3) is 0.0833. The molecular weight excluding hydrogens is 408 g/mol. The number of rotatable bonds is 6. The molecule has 3 aromatic rings. The van der Waals surface area contributed by atoms with E-state index in [1.165, 1.54) is 19.4 Å². The van der Waals surface area contributed by atoms with Gasteiger partial charge in [-0.25, -0.2) is 5.43 Å². The van der Waals surface area contributed by atoms with Crippen LogP contribution < -0.4 is 20.8 Å². The van der Waals surface area contributed by atoms with Crippen LogP contribution >= 0.6 is 0 Å². The molecule has 0 radical (unpaired) electrons. The van der Waals surface area contributed by atoms with Crippen molar-refractivity contribution in [1.29, 1.82) is 0 Å². The maximum absolute atomic E-state index is 12.7. The van der Waals surface area contributed by atoms with Crippen LogP contribution in [-0.4, -0.2) is 31.0 Å². The van der Waals surface area contributed by atoms with Gasteiger partial charge in [0.15, 0.2) is 0 Å². The van der Waals surface area contributed by atoms with E-state index in [0.29, 0.717) is 17.0 Å². The van der Waals surface area contributed by atoms with Gasteiger partial charge in [-0.1, -0.05) is 42.0 Å². The molecule has 162 valence electrons. The average molecular weight is 430 g/mol. The Morgan fingerprint density at radius 2 is 1.53 bits per heavy atom. The second-order valence-electron chi connectivity index (χ2n) is 6.76. The molecule has 8 nitrogen and oxygen atoms in total. The number of para-hydroxylation sites is 2. The molecule has 0 heterocycles. The minimum atomic E-state index is -0.982. The van der Waals surface area contributed by atoms with Crippen LogP contribution in [0.3, 0.4) is 0 Å². The van der Waals surface area contributed by atoms with Crippen LogP contribution in [0.15, 0.2) is 77.9 Å². The summed E-state index contributed by atoms with van der Waals surface area (Å²) in [6.07, 6.45) is 1.37. The van der Waals surface area contributed by atoms with E-state index < -0.39 is 17.7 Å². The van der Waals surface area contributed by atoms with Crippen molar-refractivity contribution in [1.82, 2.24) is 5.43 Å². The summed E-state index contributed by atoms with van der Waals surface area (Å²) in [7, 11) is 1.52. The van der Waals surface area contributed by atoms with Gasteiger partial charge in [0.05, 0.1) is 24.6 Å². The SMILES string of the molecule is COc1ccccc1/C=N/NC(=O)C(=O)Nc1ccccc1C(=O)Nc1ccc(C)cc1. The van der Waals surface area contributed by atoms with E-state index in [-0.39, 0.29) is 11.3 Å². The zero-order valence-electron chi connectivity index (χ0n) is 17.6. The zero-order chi connectivity index (χ0) is 22.9. The molecule has 0 aliphatic carbocycles. The topological polar surface area (TPSA) is 109 Å². The fourth-order valence-corrected chi connectivity index (χ4v) is 2.79. The molecule has 0 aliphatic heterocycles. The van der Waals surface area contributed by atoms with Crippen LogP contribution in [0, 0.1) is 6.92 Å². The number of aryl methyl sites for hydroxylation is 1. The molecule has 0 aromatic heterocycles. The van der Waals surface area contributed by atoms with Crippen molar-refractivity contribution in [3.63, 3.8) is 0 Å². The minimum absolute atomic E-state index is 0.200. The van der Waals surface area contributed by atoms with E-state index in [2.05, 4.69) is 21.2 Å². The number of hydrogen-bond donors (Lipinski definition) is 3. The Kier molecular flexibility index (Phi) is 7.32. The number of benzene rings is 3. The standard InChI is InChI=1S/C24H22N4O4/c1-16-11-13-18(14-12-16)26-22(29)19-8-4-5-9-20(19)27-23(30)24(31)28-25-15-17-7-3-6-10-21(17)32-2/h3-15H,1-2H3,(H,26,29)(H,27,30)(H,28,31)/b25-15+. The number of amides is 3. The Bertz CT molecular complexity index is 1160. The number of ether oxygens (including phenoxy) is 1. The predicted octanol–water partition coefficient (Wildman–Crippen LogP) is 3.34.